The van der Waals surface area contributed by atoms with Gasteiger partial charge in [0.1, 0.15) is 0 Å². The molecule has 1 saturated heterocycles. The molecule has 20 heavy (non-hydrogen) atoms. The van der Waals surface area contributed by atoms with E-state index in [1.165, 1.54) is 56.3 Å². The number of anilines is 1. The van der Waals surface area contributed by atoms with E-state index >= 15 is 0 Å². The van der Waals surface area contributed by atoms with Crippen LogP contribution in [0.3, 0.4) is 0 Å². The van der Waals surface area contributed by atoms with Gasteiger partial charge in [-0.1, -0.05) is 31.9 Å². The smallest absolute Gasteiger partial charge is 0.0369 e. The van der Waals surface area contributed by atoms with Crippen molar-refractivity contribution in [2.75, 3.05) is 11.4 Å². The van der Waals surface area contributed by atoms with Crippen molar-refractivity contribution in [1.29, 1.82) is 0 Å². The minimum Gasteiger partial charge on any atom is -0.368 e. The predicted molar refractivity (Wildman–Crippen MR) is 86.0 cm³/mol. The molecule has 3 atom stereocenters. The number of nitrogens with two attached hydrogens (primary N) is 1. The fourth-order valence-corrected chi connectivity index (χ4v) is 4.09. The van der Waals surface area contributed by atoms with E-state index in [0.29, 0.717) is 0 Å². The van der Waals surface area contributed by atoms with E-state index in [1.807, 2.05) is 0 Å². The lowest BCUT2D eigenvalue weighted by Crippen LogP contribution is -2.46. The molecule has 2 heteroatoms. The van der Waals surface area contributed by atoms with E-state index in [4.69, 9.17) is 5.73 Å². The van der Waals surface area contributed by atoms with E-state index < -0.39 is 0 Å². The summed E-state index contributed by atoms with van der Waals surface area (Å²) in [5.41, 5.74) is 8.80. The molecule has 0 amide bonds. The summed E-state index contributed by atoms with van der Waals surface area (Å²) in [5, 5.41) is 0. The molecule has 1 aliphatic carbocycles. The highest BCUT2D eigenvalue weighted by Crippen LogP contribution is 2.37. The highest BCUT2D eigenvalue weighted by Gasteiger charge is 2.33. The Morgan fingerprint density at radius 2 is 1.80 bits per heavy atom. The summed E-state index contributed by atoms with van der Waals surface area (Å²) in [6.07, 6.45) is 9.50. The first kappa shape index (κ1) is 13.9. The third-order valence-electron chi connectivity index (χ3n) is 5.34. The van der Waals surface area contributed by atoms with Gasteiger partial charge in [-0.15, -0.1) is 0 Å². The SMILES string of the molecule is CC[C@@H](N)c1ccc(N2CCCC3CCCCC32)cc1. The van der Waals surface area contributed by atoms with Crippen molar-refractivity contribution in [3.8, 4) is 0 Å². The van der Waals surface area contributed by atoms with E-state index in [2.05, 4.69) is 36.1 Å². The molecule has 0 spiro atoms. The third kappa shape index (κ3) is 2.71. The number of fused-ring (bicyclic) bond motifs is 1. The largest absolute Gasteiger partial charge is 0.368 e. The predicted octanol–water partition coefficient (Wildman–Crippen LogP) is 4.26. The van der Waals surface area contributed by atoms with Gasteiger partial charge in [0.15, 0.2) is 0 Å². The number of hydrogen-bond donors (Lipinski definition) is 1. The zero-order valence-corrected chi connectivity index (χ0v) is 12.7. The average molecular weight is 272 g/mol. The Kier molecular flexibility index (Phi) is 4.30. The van der Waals surface area contributed by atoms with Crippen LogP contribution in [0, 0.1) is 5.92 Å². The zero-order valence-electron chi connectivity index (χ0n) is 12.7. The highest BCUT2D eigenvalue weighted by molar-refractivity contribution is 5.49. The van der Waals surface area contributed by atoms with Crippen LogP contribution in [0.15, 0.2) is 24.3 Å². The molecule has 2 fully saturated rings. The van der Waals surface area contributed by atoms with Gasteiger partial charge in [-0.3, -0.25) is 0 Å². The summed E-state index contributed by atoms with van der Waals surface area (Å²) in [6.45, 7) is 3.39. The van der Waals surface area contributed by atoms with Gasteiger partial charge in [-0.25, -0.2) is 0 Å². The summed E-state index contributed by atoms with van der Waals surface area (Å²) in [5.74, 6) is 0.940. The van der Waals surface area contributed by atoms with Gasteiger partial charge < -0.3 is 10.6 Å². The normalized spacial score (nSPS) is 28.0. The number of hydrogen-bond acceptors (Lipinski definition) is 2. The van der Waals surface area contributed by atoms with Crippen LogP contribution in [-0.4, -0.2) is 12.6 Å². The Morgan fingerprint density at radius 1 is 1.10 bits per heavy atom. The van der Waals surface area contributed by atoms with E-state index in [9.17, 15) is 0 Å². The molecule has 1 aromatic rings. The average Bonchev–Trinajstić information content (AvgIpc) is 2.54. The summed E-state index contributed by atoms with van der Waals surface area (Å²) in [7, 11) is 0. The van der Waals surface area contributed by atoms with Crippen LogP contribution >= 0.6 is 0 Å². The maximum Gasteiger partial charge on any atom is 0.0369 e. The van der Waals surface area contributed by atoms with Crippen molar-refractivity contribution in [3.63, 3.8) is 0 Å². The molecule has 1 aromatic carbocycles. The molecule has 2 N–H and O–H groups in total. The van der Waals surface area contributed by atoms with Crippen LogP contribution < -0.4 is 10.6 Å². The molecule has 2 nitrogen and oxygen atoms in total. The van der Waals surface area contributed by atoms with Crippen molar-refractivity contribution in [2.45, 2.75) is 64.0 Å². The highest BCUT2D eigenvalue weighted by atomic mass is 15.2. The second-order valence-corrected chi connectivity index (χ2v) is 6.55. The molecule has 1 aliphatic heterocycles. The van der Waals surface area contributed by atoms with Crippen molar-refractivity contribution in [3.05, 3.63) is 29.8 Å². The van der Waals surface area contributed by atoms with Gasteiger partial charge in [0, 0.05) is 24.3 Å². The Bertz CT molecular complexity index is 424. The Morgan fingerprint density at radius 3 is 2.55 bits per heavy atom. The molecule has 0 bridgehead atoms. The van der Waals surface area contributed by atoms with Gasteiger partial charge >= 0.3 is 0 Å². The molecule has 0 radical (unpaired) electrons. The maximum absolute atomic E-state index is 6.12. The summed E-state index contributed by atoms with van der Waals surface area (Å²) < 4.78 is 0. The van der Waals surface area contributed by atoms with Gasteiger partial charge in [0.25, 0.3) is 0 Å². The van der Waals surface area contributed by atoms with E-state index in [0.717, 1.165) is 18.4 Å². The first-order chi connectivity index (χ1) is 9.79. The van der Waals surface area contributed by atoms with Gasteiger partial charge in [0.2, 0.25) is 0 Å². The van der Waals surface area contributed by atoms with Gasteiger partial charge in [-0.2, -0.15) is 0 Å². The standard InChI is InChI=1S/C18H28N2/c1-2-17(19)14-9-11-16(12-10-14)20-13-5-7-15-6-3-4-8-18(15)20/h9-12,15,17-18H,2-8,13,19H2,1H3/t15?,17-,18?/m1/s1. The summed E-state index contributed by atoms with van der Waals surface area (Å²) >= 11 is 0. The third-order valence-corrected chi connectivity index (χ3v) is 5.34. The van der Waals surface area contributed by atoms with Crippen LogP contribution in [0.2, 0.25) is 0 Å². The fraction of sp³-hybridized carbons (Fsp3) is 0.667. The quantitative estimate of drug-likeness (QED) is 0.891. The molecule has 2 unspecified atom stereocenters. The Labute approximate surface area is 123 Å². The zero-order chi connectivity index (χ0) is 13.9. The van der Waals surface area contributed by atoms with E-state index in [-0.39, 0.29) is 6.04 Å². The van der Waals surface area contributed by atoms with E-state index in [1.54, 1.807) is 0 Å². The lowest BCUT2D eigenvalue weighted by molar-refractivity contribution is 0.244. The number of nitrogens with zero attached hydrogens (tertiary/aromatic N) is 1. The summed E-state index contributed by atoms with van der Waals surface area (Å²) in [6, 6.07) is 10.0. The molecule has 1 heterocycles. The van der Waals surface area contributed by atoms with Crippen molar-refractivity contribution in [1.82, 2.24) is 0 Å². The topological polar surface area (TPSA) is 29.3 Å². The van der Waals surface area contributed by atoms with Crippen LogP contribution in [-0.2, 0) is 0 Å². The van der Waals surface area contributed by atoms with Gasteiger partial charge in [-0.05, 0) is 55.7 Å². The van der Waals surface area contributed by atoms with Crippen molar-refractivity contribution in [2.24, 2.45) is 11.7 Å². The molecule has 110 valence electrons. The molecule has 1 saturated carbocycles. The Hall–Kier alpha value is -1.02. The fourth-order valence-electron chi connectivity index (χ4n) is 4.09. The minimum absolute atomic E-state index is 0.188. The van der Waals surface area contributed by atoms with Crippen LogP contribution in [0.4, 0.5) is 5.69 Å². The number of rotatable bonds is 3. The Balaban J connectivity index is 1.77. The molecule has 3 rings (SSSR count). The first-order valence-electron chi connectivity index (χ1n) is 8.41. The van der Waals surface area contributed by atoms with Crippen LogP contribution in [0.5, 0.6) is 0 Å². The summed E-state index contributed by atoms with van der Waals surface area (Å²) in [4.78, 5) is 2.68. The van der Waals surface area contributed by atoms with Crippen LogP contribution in [0.1, 0.15) is 63.5 Å². The van der Waals surface area contributed by atoms with Crippen LogP contribution in [0.25, 0.3) is 0 Å². The number of piperidine rings is 1. The molecular weight excluding hydrogens is 244 g/mol. The second-order valence-electron chi connectivity index (χ2n) is 6.55. The maximum atomic E-state index is 6.12. The minimum atomic E-state index is 0.188. The lowest BCUT2D eigenvalue weighted by atomic mass is 9.78. The molecular formula is C18H28N2. The molecule has 2 aliphatic rings. The van der Waals surface area contributed by atoms with Crippen molar-refractivity contribution >= 4 is 5.69 Å². The second kappa shape index (κ2) is 6.17. The van der Waals surface area contributed by atoms with Crippen molar-refractivity contribution < 1.29 is 0 Å². The lowest BCUT2D eigenvalue weighted by Gasteiger charge is -2.45. The molecule has 0 aromatic heterocycles. The number of benzene rings is 1. The first-order valence-corrected chi connectivity index (χ1v) is 8.41. The monoisotopic (exact) mass is 272 g/mol. The van der Waals surface area contributed by atoms with Gasteiger partial charge in [0.05, 0.1) is 0 Å².